The van der Waals surface area contributed by atoms with Crippen LogP contribution >= 0.6 is 15.9 Å². The van der Waals surface area contributed by atoms with Gasteiger partial charge in [-0.25, -0.2) is 9.18 Å². The average molecular weight is 335 g/mol. The number of benzene rings is 2. The maximum Gasteiger partial charge on any atom is 0.336 e. The summed E-state index contributed by atoms with van der Waals surface area (Å²) in [6, 6.07) is 11.7. The Labute approximate surface area is 124 Å². The second-order valence-electron chi connectivity index (χ2n) is 4.35. The number of hydrogen-bond donors (Lipinski definition) is 1. The Morgan fingerprint density at radius 2 is 1.95 bits per heavy atom. The first-order valence-electron chi connectivity index (χ1n) is 5.95. The minimum atomic E-state index is -1.09. The van der Waals surface area contributed by atoms with Crippen molar-refractivity contribution in [3.63, 3.8) is 0 Å². The van der Waals surface area contributed by atoms with Crippen LogP contribution in [-0.4, -0.2) is 11.1 Å². The summed E-state index contributed by atoms with van der Waals surface area (Å²) in [7, 11) is 0. The monoisotopic (exact) mass is 334 g/mol. The molecule has 0 aliphatic rings. The molecule has 2 aromatic rings. The van der Waals surface area contributed by atoms with Gasteiger partial charge in [0.25, 0.3) is 0 Å². The maximum absolute atomic E-state index is 13.6. The number of aryl methyl sites for hydroxylation is 1. The Morgan fingerprint density at radius 3 is 2.55 bits per heavy atom. The molecule has 102 valence electrons. The summed E-state index contributed by atoms with van der Waals surface area (Å²) in [6.07, 6.45) is 1.52. The number of hydrogen-bond acceptors (Lipinski definition) is 1. The Hall–Kier alpha value is -1.94. The number of rotatable bonds is 3. The highest BCUT2D eigenvalue weighted by molar-refractivity contribution is 9.10. The number of carboxylic acids is 1. The molecule has 2 nitrogen and oxygen atoms in total. The molecular formula is C16H12BrFO2. The van der Waals surface area contributed by atoms with Gasteiger partial charge in [-0.15, -0.1) is 0 Å². The van der Waals surface area contributed by atoms with Gasteiger partial charge in [0.2, 0.25) is 0 Å². The molecule has 0 aliphatic carbocycles. The van der Waals surface area contributed by atoms with Crippen molar-refractivity contribution >= 4 is 33.5 Å². The lowest BCUT2D eigenvalue weighted by atomic mass is 10.0. The highest BCUT2D eigenvalue weighted by Crippen LogP contribution is 2.24. The molecular weight excluding hydrogens is 323 g/mol. The first-order valence-corrected chi connectivity index (χ1v) is 6.74. The van der Waals surface area contributed by atoms with Crippen LogP contribution in [0.2, 0.25) is 0 Å². The third-order valence-electron chi connectivity index (χ3n) is 2.92. The minimum Gasteiger partial charge on any atom is -0.478 e. The summed E-state index contributed by atoms with van der Waals surface area (Å²) in [6.45, 7) is 1.64. The van der Waals surface area contributed by atoms with E-state index < -0.39 is 11.8 Å². The molecule has 4 heteroatoms. The van der Waals surface area contributed by atoms with Crippen molar-refractivity contribution in [2.24, 2.45) is 0 Å². The Balaban J connectivity index is 2.54. The van der Waals surface area contributed by atoms with Gasteiger partial charge < -0.3 is 5.11 Å². The quantitative estimate of drug-likeness (QED) is 0.661. The van der Waals surface area contributed by atoms with Crippen molar-refractivity contribution in [3.8, 4) is 0 Å². The van der Waals surface area contributed by atoms with E-state index in [2.05, 4.69) is 15.9 Å². The Morgan fingerprint density at radius 1 is 1.25 bits per heavy atom. The fourth-order valence-corrected chi connectivity index (χ4v) is 2.18. The van der Waals surface area contributed by atoms with Crippen molar-refractivity contribution < 1.29 is 14.3 Å². The molecule has 0 unspecified atom stereocenters. The zero-order valence-corrected chi connectivity index (χ0v) is 12.3. The highest BCUT2D eigenvalue weighted by Gasteiger charge is 2.12. The van der Waals surface area contributed by atoms with Crippen molar-refractivity contribution in [2.45, 2.75) is 6.92 Å². The Kier molecular flexibility index (Phi) is 4.35. The van der Waals surface area contributed by atoms with E-state index in [-0.39, 0.29) is 5.57 Å². The zero-order valence-electron chi connectivity index (χ0n) is 10.7. The summed E-state index contributed by atoms with van der Waals surface area (Å²) < 4.78 is 14.4. The molecule has 2 aromatic carbocycles. The molecule has 0 aromatic heterocycles. The molecule has 0 amide bonds. The van der Waals surface area contributed by atoms with Gasteiger partial charge in [0, 0.05) is 4.47 Å². The van der Waals surface area contributed by atoms with Crippen molar-refractivity contribution in [3.05, 3.63) is 69.4 Å². The van der Waals surface area contributed by atoms with Crippen LogP contribution in [0.15, 0.2) is 46.9 Å². The van der Waals surface area contributed by atoms with Gasteiger partial charge >= 0.3 is 5.97 Å². The molecule has 0 bridgehead atoms. The summed E-state index contributed by atoms with van der Waals surface area (Å²) in [5.41, 5.74) is 1.61. The minimum absolute atomic E-state index is 0.0517. The molecule has 0 fully saturated rings. The molecule has 0 spiro atoms. The average Bonchev–Trinajstić information content (AvgIpc) is 2.41. The van der Waals surface area contributed by atoms with Crippen LogP contribution in [0, 0.1) is 12.7 Å². The van der Waals surface area contributed by atoms with Crippen LogP contribution in [0.5, 0.6) is 0 Å². The molecule has 0 radical (unpaired) electrons. The highest BCUT2D eigenvalue weighted by atomic mass is 79.9. The van der Waals surface area contributed by atoms with Crippen LogP contribution in [0.4, 0.5) is 4.39 Å². The van der Waals surface area contributed by atoms with Crippen LogP contribution in [0.25, 0.3) is 11.6 Å². The lowest BCUT2D eigenvalue weighted by molar-refractivity contribution is -0.130. The van der Waals surface area contributed by atoms with E-state index >= 15 is 0 Å². The lowest BCUT2D eigenvalue weighted by Crippen LogP contribution is -2.00. The fraction of sp³-hybridized carbons (Fsp3) is 0.0625. The fourth-order valence-electron chi connectivity index (χ4n) is 1.78. The topological polar surface area (TPSA) is 37.3 Å². The van der Waals surface area contributed by atoms with Gasteiger partial charge in [0.1, 0.15) is 5.82 Å². The maximum atomic E-state index is 13.6. The second kappa shape index (κ2) is 6.01. The number of halogens is 2. The first kappa shape index (κ1) is 14.5. The van der Waals surface area contributed by atoms with Crippen LogP contribution in [0.3, 0.4) is 0 Å². The largest absolute Gasteiger partial charge is 0.478 e. The number of carbonyl (C=O) groups is 1. The molecule has 0 heterocycles. The van der Waals surface area contributed by atoms with E-state index in [4.69, 9.17) is 0 Å². The predicted molar refractivity (Wildman–Crippen MR) is 80.8 cm³/mol. The van der Waals surface area contributed by atoms with E-state index in [0.29, 0.717) is 11.1 Å². The van der Waals surface area contributed by atoms with Gasteiger partial charge in [-0.1, -0.05) is 46.3 Å². The van der Waals surface area contributed by atoms with Crippen molar-refractivity contribution in [1.82, 2.24) is 0 Å². The SMILES string of the molecule is Cc1ccc(/C(=C/c2ccccc2Br)C(=O)O)cc1F. The zero-order chi connectivity index (χ0) is 14.7. The first-order chi connectivity index (χ1) is 9.49. The molecule has 1 N–H and O–H groups in total. The molecule has 2 rings (SSSR count). The van der Waals surface area contributed by atoms with Gasteiger partial charge in [0.05, 0.1) is 5.57 Å². The summed E-state index contributed by atoms with van der Waals surface area (Å²) >= 11 is 3.36. The van der Waals surface area contributed by atoms with E-state index in [1.165, 1.54) is 12.1 Å². The van der Waals surface area contributed by atoms with Crippen LogP contribution in [0.1, 0.15) is 16.7 Å². The van der Waals surface area contributed by atoms with Crippen molar-refractivity contribution in [1.29, 1.82) is 0 Å². The summed E-state index contributed by atoms with van der Waals surface area (Å²) in [5.74, 6) is -1.51. The third-order valence-corrected chi connectivity index (χ3v) is 3.64. The van der Waals surface area contributed by atoms with Gasteiger partial charge in [-0.2, -0.15) is 0 Å². The second-order valence-corrected chi connectivity index (χ2v) is 5.20. The summed E-state index contributed by atoms with van der Waals surface area (Å²) in [4.78, 5) is 11.4. The van der Waals surface area contributed by atoms with Gasteiger partial charge in [-0.05, 0) is 41.8 Å². The third kappa shape index (κ3) is 3.14. The molecule has 20 heavy (non-hydrogen) atoms. The molecule has 0 atom stereocenters. The standard InChI is InChI=1S/C16H12BrFO2/c1-10-6-7-11(9-15(10)18)13(16(19)20)8-12-4-2-3-5-14(12)17/h2-9H,1H3,(H,19,20)/b13-8-. The van der Waals surface area contributed by atoms with Gasteiger partial charge in [0.15, 0.2) is 0 Å². The smallest absolute Gasteiger partial charge is 0.336 e. The van der Waals surface area contributed by atoms with Crippen molar-refractivity contribution in [2.75, 3.05) is 0 Å². The predicted octanol–water partition coefficient (Wildman–Crippen LogP) is 4.52. The number of carboxylic acid groups (broad SMARTS) is 1. The molecule has 0 saturated heterocycles. The number of aliphatic carboxylic acids is 1. The van der Waals surface area contributed by atoms with Crippen LogP contribution < -0.4 is 0 Å². The van der Waals surface area contributed by atoms with Gasteiger partial charge in [-0.3, -0.25) is 0 Å². The summed E-state index contributed by atoms with van der Waals surface area (Å²) in [5, 5.41) is 9.33. The van der Waals surface area contributed by atoms with E-state index in [1.807, 2.05) is 18.2 Å². The van der Waals surface area contributed by atoms with E-state index in [1.54, 1.807) is 25.1 Å². The van der Waals surface area contributed by atoms with E-state index in [0.717, 1.165) is 10.0 Å². The van der Waals surface area contributed by atoms with Crippen LogP contribution in [-0.2, 0) is 4.79 Å². The van der Waals surface area contributed by atoms with E-state index in [9.17, 15) is 14.3 Å². The normalized spacial score (nSPS) is 11.4. The molecule has 0 aliphatic heterocycles. The molecule has 0 saturated carbocycles. The lowest BCUT2D eigenvalue weighted by Gasteiger charge is -2.06. The Bertz CT molecular complexity index is 693.